The molecular formula is C21H20N4O5. The molecule has 0 saturated carbocycles. The van der Waals surface area contributed by atoms with Crippen molar-refractivity contribution in [2.24, 2.45) is 16.6 Å². The maximum absolute atomic E-state index is 12.4. The van der Waals surface area contributed by atoms with Gasteiger partial charge in [-0.3, -0.25) is 9.79 Å². The van der Waals surface area contributed by atoms with Gasteiger partial charge in [-0.15, -0.1) is 0 Å². The number of carboxylic acid groups (broad SMARTS) is 1. The summed E-state index contributed by atoms with van der Waals surface area (Å²) in [6.07, 6.45) is 1.18. The predicted octanol–water partition coefficient (Wildman–Crippen LogP) is 2.40. The number of nitriles is 1. The van der Waals surface area contributed by atoms with Crippen LogP contribution in [0.15, 0.2) is 29.4 Å². The summed E-state index contributed by atoms with van der Waals surface area (Å²) in [7, 11) is 1.44. The van der Waals surface area contributed by atoms with Crippen molar-refractivity contribution in [3.05, 3.63) is 46.6 Å². The Hall–Kier alpha value is -3.93. The number of carbonyl (C=O) groups is 2. The number of primary amides is 1. The summed E-state index contributed by atoms with van der Waals surface area (Å²) < 4.78 is 11.1. The Kier molecular flexibility index (Phi) is 5.69. The molecule has 2 unspecified atom stereocenters. The lowest BCUT2D eigenvalue weighted by Crippen LogP contribution is -2.37. The number of methoxy groups -OCH3 is 1. The van der Waals surface area contributed by atoms with Gasteiger partial charge in [0, 0.05) is 29.0 Å². The number of rotatable bonds is 6. The number of ether oxygens (including phenoxy) is 2. The molecule has 0 saturated heterocycles. The van der Waals surface area contributed by atoms with Crippen molar-refractivity contribution in [1.29, 1.82) is 5.26 Å². The SMILES string of the molecule is CCOc1ncc(C(=O)O)c2c1C(c1ccc(C#N)cc1OC)C(C(N)=O)C(C)=N2. The van der Waals surface area contributed by atoms with Crippen LogP contribution in [0.4, 0.5) is 5.69 Å². The van der Waals surface area contributed by atoms with Crippen molar-refractivity contribution < 1.29 is 24.2 Å². The summed E-state index contributed by atoms with van der Waals surface area (Å²) in [6.45, 7) is 3.65. The quantitative estimate of drug-likeness (QED) is 0.745. The van der Waals surface area contributed by atoms with E-state index in [9.17, 15) is 20.0 Å². The molecule has 2 aromatic rings. The maximum Gasteiger partial charge on any atom is 0.339 e. The molecule has 1 aliphatic rings. The highest BCUT2D eigenvalue weighted by atomic mass is 16.5. The molecule has 0 fully saturated rings. The molecule has 1 aromatic heterocycles. The van der Waals surface area contributed by atoms with Crippen LogP contribution in [0.3, 0.4) is 0 Å². The number of hydrogen-bond donors (Lipinski definition) is 2. The summed E-state index contributed by atoms with van der Waals surface area (Å²) in [5.41, 5.74) is 7.38. The van der Waals surface area contributed by atoms with Gasteiger partial charge in [0.15, 0.2) is 0 Å². The van der Waals surface area contributed by atoms with Crippen LogP contribution in [0.1, 0.15) is 46.8 Å². The number of fused-ring (bicyclic) bond motifs is 1. The zero-order valence-electron chi connectivity index (χ0n) is 16.7. The molecule has 1 aliphatic heterocycles. The molecule has 3 rings (SSSR count). The molecule has 154 valence electrons. The number of carbonyl (C=O) groups excluding carboxylic acids is 1. The van der Waals surface area contributed by atoms with Crippen LogP contribution < -0.4 is 15.2 Å². The first kappa shape index (κ1) is 20.8. The summed E-state index contributed by atoms with van der Waals surface area (Å²) in [5, 5.41) is 18.9. The second-order valence-electron chi connectivity index (χ2n) is 6.66. The van der Waals surface area contributed by atoms with E-state index < -0.39 is 23.7 Å². The van der Waals surface area contributed by atoms with Gasteiger partial charge in [-0.05, 0) is 26.0 Å². The lowest BCUT2D eigenvalue weighted by Gasteiger charge is -2.32. The smallest absolute Gasteiger partial charge is 0.339 e. The molecule has 1 amide bonds. The van der Waals surface area contributed by atoms with Crippen LogP contribution >= 0.6 is 0 Å². The van der Waals surface area contributed by atoms with Gasteiger partial charge in [-0.2, -0.15) is 5.26 Å². The maximum atomic E-state index is 12.4. The first-order chi connectivity index (χ1) is 14.3. The van der Waals surface area contributed by atoms with Crippen molar-refractivity contribution in [2.75, 3.05) is 13.7 Å². The van der Waals surface area contributed by atoms with E-state index in [1.165, 1.54) is 13.3 Å². The fourth-order valence-electron chi connectivity index (χ4n) is 3.71. The second-order valence-corrected chi connectivity index (χ2v) is 6.66. The molecule has 9 heteroatoms. The van der Waals surface area contributed by atoms with Crippen LogP contribution in [-0.2, 0) is 4.79 Å². The topological polar surface area (TPSA) is 148 Å². The third-order valence-electron chi connectivity index (χ3n) is 4.95. The van der Waals surface area contributed by atoms with Crippen LogP contribution in [0.25, 0.3) is 0 Å². The molecule has 0 radical (unpaired) electrons. The third-order valence-corrected chi connectivity index (χ3v) is 4.95. The molecule has 30 heavy (non-hydrogen) atoms. The minimum absolute atomic E-state index is 0.117. The number of aromatic nitrogens is 1. The number of nitrogens with zero attached hydrogens (tertiary/aromatic N) is 3. The molecule has 0 spiro atoms. The van der Waals surface area contributed by atoms with Gasteiger partial charge in [0.25, 0.3) is 0 Å². The summed E-state index contributed by atoms with van der Waals surface area (Å²) in [6, 6.07) is 6.83. The standard InChI is InChI=1S/C21H20N4O5/c1-4-30-20-17-16(12-6-5-11(8-22)7-14(12)29-3)15(19(23)26)10(2)25-18(17)13(9-24-20)21(27)28/h5-7,9,15-16H,4H2,1-3H3,(H2,23,26)(H,27,28). The normalized spacial score (nSPS) is 17.3. The third kappa shape index (κ3) is 3.43. The Labute approximate surface area is 172 Å². The van der Waals surface area contributed by atoms with Crippen molar-refractivity contribution in [1.82, 2.24) is 4.98 Å². The van der Waals surface area contributed by atoms with E-state index in [0.717, 1.165) is 0 Å². The number of amides is 1. The number of hydrogen-bond acceptors (Lipinski definition) is 7. The summed E-state index contributed by atoms with van der Waals surface area (Å²) in [5.74, 6) is -2.97. The van der Waals surface area contributed by atoms with E-state index >= 15 is 0 Å². The number of aliphatic imine (C=N–C) groups is 1. The van der Waals surface area contributed by atoms with Crippen LogP contribution in [0.2, 0.25) is 0 Å². The van der Waals surface area contributed by atoms with Crippen molar-refractivity contribution in [3.8, 4) is 17.7 Å². The number of carboxylic acids is 1. The van der Waals surface area contributed by atoms with Gasteiger partial charge in [0.2, 0.25) is 11.8 Å². The van der Waals surface area contributed by atoms with E-state index in [2.05, 4.69) is 9.98 Å². The number of aromatic carboxylic acids is 1. The zero-order valence-corrected chi connectivity index (χ0v) is 16.7. The molecule has 0 aliphatic carbocycles. The van der Waals surface area contributed by atoms with E-state index in [-0.39, 0.29) is 23.7 Å². The van der Waals surface area contributed by atoms with Gasteiger partial charge in [-0.25, -0.2) is 9.78 Å². The van der Waals surface area contributed by atoms with Gasteiger partial charge in [-0.1, -0.05) is 6.07 Å². The molecule has 3 N–H and O–H groups in total. The molecule has 9 nitrogen and oxygen atoms in total. The fraction of sp³-hybridized carbons (Fsp3) is 0.286. The fourth-order valence-corrected chi connectivity index (χ4v) is 3.71. The van der Waals surface area contributed by atoms with Crippen molar-refractivity contribution >= 4 is 23.3 Å². The van der Waals surface area contributed by atoms with Gasteiger partial charge < -0.3 is 20.3 Å². The Morgan fingerprint density at radius 2 is 2.10 bits per heavy atom. The highest BCUT2D eigenvalue weighted by Gasteiger charge is 2.42. The van der Waals surface area contributed by atoms with Gasteiger partial charge >= 0.3 is 5.97 Å². The van der Waals surface area contributed by atoms with Crippen molar-refractivity contribution in [2.45, 2.75) is 19.8 Å². The molecule has 0 bridgehead atoms. The van der Waals surface area contributed by atoms with Crippen molar-refractivity contribution in [3.63, 3.8) is 0 Å². The number of pyridine rings is 1. The first-order valence-electron chi connectivity index (χ1n) is 9.15. The predicted molar refractivity (Wildman–Crippen MR) is 107 cm³/mol. The van der Waals surface area contributed by atoms with Crippen LogP contribution in [-0.4, -0.2) is 41.4 Å². The highest BCUT2D eigenvalue weighted by molar-refractivity contribution is 6.08. The second kappa shape index (κ2) is 8.21. The number of nitrogens with two attached hydrogens (primary N) is 1. The monoisotopic (exact) mass is 408 g/mol. The average molecular weight is 408 g/mol. The number of benzene rings is 1. The Balaban J connectivity index is 2.41. The highest BCUT2D eigenvalue weighted by Crippen LogP contribution is 2.49. The molecule has 2 heterocycles. The largest absolute Gasteiger partial charge is 0.496 e. The molecular weight excluding hydrogens is 388 g/mol. The minimum atomic E-state index is -1.21. The van der Waals surface area contributed by atoms with E-state index in [1.54, 1.807) is 32.0 Å². The Morgan fingerprint density at radius 1 is 1.37 bits per heavy atom. The Bertz CT molecular complexity index is 1100. The molecule has 1 aromatic carbocycles. The molecule has 2 atom stereocenters. The van der Waals surface area contributed by atoms with Gasteiger partial charge in [0.1, 0.15) is 11.3 Å². The zero-order chi connectivity index (χ0) is 22.0. The first-order valence-corrected chi connectivity index (χ1v) is 9.15. The van der Waals surface area contributed by atoms with E-state index in [0.29, 0.717) is 28.2 Å². The average Bonchev–Trinajstić information content (AvgIpc) is 2.72. The van der Waals surface area contributed by atoms with Crippen LogP contribution in [0.5, 0.6) is 11.6 Å². The van der Waals surface area contributed by atoms with Crippen LogP contribution in [0, 0.1) is 17.2 Å². The summed E-state index contributed by atoms with van der Waals surface area (Å²) in [4.78, 5) is 32.8. The van der Waals surface area contributed by atoms with E-state index in [4.69, 9.17) is 15.2 Å². The summed E-state index contributed by atoms with van der Waals surface area (Å²) >= 11 is 0. The lowest BCUT2D eigenvalue weighted by molar-refractivity contribution is -0.120. The van der Waals surface area contributed by atoms with Gasteiger partial charge in [0.05, 0.1) is 37.0 Å². The minimum Gasteiger partial charge on any atom is -0.496 e. The van der Waals surface area contributed by atoms with E-state index in [1.807, 2.05) is 6.07 Å². The Morgan fingerprint density at radius 3 is 2.67 bits per heavy atom. The lowest BCUT2D eigenvalue weighted by atomic mass is 9.75.